The number of nitrogens with zero attached hydrogens (tertiary/aromatic N) is 3. The molecule has 0 aliphatic carbocycles. The number of piperazine rings is 1. The zero-order chi connectivity index (χ0) is 8.53. The molecular formula is C7H12N4. The highest BCUT2D eigenvalue weighted by Gasteiger charge is 2.01. The lowest BCUT2D eigenvalue weighted by atomic mass is 10.4. The van der Waals surface area contributed by atoms with Gasteiger partial charge < -0.3 is 10.2 Å². The van der Waals surface area contributed by atoms with Crippen molar-refractivity contribution in [3.8, 4) is 12.1 Å². The van der Waals surface area contributed by atoms with Gasteiger partial charge in [-0.15, -0.1) is 0 Å². The standard InChI is InChI=1S/C5H12N2.C2N2/c1-7-4-2-6-3-5-7;3-1-2-4/h6H,2-5H2,1H3;. The van der Waals surface area contributed by atoms with Gasteiger partial charge in [-0.3, -0.25) is 0 Å². The van der Waals surface area contributed by atoms with Gasteiger partial charge in [-0.05, 0) is 7.05 Å². The molecule has 0 atom stereocenters. The molecule has 1 heterocycles. The highest BCUT2D eigenvalue weighted by atomic mass is 15.2. The van der Waals surface area contributed by atoms with Crippen LogP contribution in [0.2, 0.25) is 0 Å². The van der Waals surface area contributed by atoms with Gasteiger partial charge in [-0.25, -0.2) is 0 Å². The van der Waals surface area contributed by atoms with Crippen LogP contribution >= 0.6 is 0 Å². The Kier molecular flexibility index (Phi) is 6.31. The van der Waals surface area contributed by atoms with Crippen LogP contribution in [0.1, 0.15) is 0 Å². The molecule has 1 rings (SSSR count). The average molecular weight is 152 g/mol. The zero-order valence-corrected chi connectivity index (χ0v) is 6.67. The second kappa shape index (κ2) is 7.01. The van der Waals surface area contributed by atoms with Crippen molar-refractivity contribution in [2.24, 2.45) is 0 Å². The van der Waals surface area contributed by atoms with Gasteiger partial charge in [0.1, 0.15) is 0 Å². The molecule has 1 aliphatic heterocycles. The van der Waals surface area contributed by atoms with Gasteiger partial charge in [0.25, 0.3) is 0 Å². The van der Waals surface area contributed by atoms with Gasteiger partial charge in [0, 0.05) is 26.2 Å². The summed E-state index contributed by atoms with van der Waals surface area (Å²) in [6.07, 6.45) is 0. The van der Waals surface area contributed by atoms with E-state index in [-0.39, 0.29) is 0 Å². The molecule has 0 radical (unpaired) electrons. The Balaban J connectivity index is 0.000000218. The van der Waals surface area contributed by atoms with E-state index in [1.165, 1.54) is 25.2 Å². The lowest BCUT2D eigenvalue weighted by molar-refractivity contribution is 0.291. The Labute approximate surface area is 67.0 Å². The molecule has 0 amide bonds. The van der Waals surface area contributed by atoms with E-state index in [0.29, 0.717) is 0 Å². The molecule has 1 fully saturated rings. The predicted molar refractivity (Wildman–Crippen MR) is 41.6 cm³/mol. The molecule has 11 heavy (non-hydrogen) atoms. The first kappa shape index (κ1) is 9.90. The second-order valence-electron chi connectivity index (χ2n) is 2.28. The third kappa shape index (κ3) is 6.79. The first-order valence-corrected chi connectivity index (χ1v) is 3.48. The lowest BCUT2D eigenvalue weighted by Gasteiger charge is -2.21. The second-order valence-corrected chi connectivity index (χ2v) is 2.28. The molecule has 1 aliphatic rings. The summed E-state index contributed by atoms with van der Waals surface area (Å²) >= 11 is 0. The van der Waals surface area contributed by atoms with Crippen LogP contribution in [0.4, 0.5) is 0 Å². The van der Waals surface area contributed by atoms with E-state index in [1.54, 1.807) is 0 Å². The van der Waals surface area contributed by atoms with Crippen LogP contribution < -0.4 is 5.32 Å². The maximum absolute atomic E-state index is 7.26. The largest absolute Gasteiger partial charge is 0.314 e. The summed E-state index contributed by atoms with van der Waals surface area (Å²) in [4.78, 5) is 2.33. The van der Waals surface area contributed by atoms with Gasteiger partial charge >= 0.3 is 0 Å². The summed E-state index contributed by atoms with van der Waals surface area (Å²) in [5.74, 6) is 0. The van der Waals surface area contributed by atoms with Gasteiger partial charge in [-0.1, -0.05) is 0 Å². The number of rotatable bonds is 0. The van der Waals surface area contributed by atoms with Gasteiger partial charge in [-0.2, -0.15) is 10.5 Å². The fraction of sp³-hybridized carbons (Fsp3) is 0.714. The molecule has 0 spiro atoms. The third-order valence-corrected chi connectivity index (χ3v) is 1.39. The minimum atomic E-state index is 1.16. The normalized spacial score (nSPS) is 17.0. The topological polar surface area (TPSA) is 62.9 Å². The Morgan fingerprint density at radius 2 is 1.64 bits per heavy atom. The zero-order valence-electron chi connectivity index (χ0n) is 6.67. The molecule has 0 saturated carbocycles. The summed E-state index contributed by atoms with van der Waals surface area (Å²) in [6, 6.07) is 2.47. The molecule has 0 bridgehead atoms. The summed E-state index contributed by atoms with van der Waals surface area (Å²) in [7, 11) is 2.15. The van der Waals surface area contributed by atoms with Crippen molar-refractivity contribution in [3.05, 3.63) is 0 Å². The highest BCUT2D eigenvalue weighted by molar-refractivity contribution is 4.99. The number of hydrogen-bond acceptors (Lipinski definition) is 4. The van der Waals surface area contributed by atoms with Gasteiger partial charge in [0.05, 0.1) is 0 Å². The monoisotopic (exact) mass is 152 g/mol. The van der Waals surface area contributed by atoms with Crippen LogP contribution in [0.25, 0.3) is 0 Å². The van der Waals surface area contributed by atoms with Crippen molar-refractivity contribution in [2.75, 3.05) is 33.2 Å². The minimum absolute atomic E-state index is 1.16. The Morgan fingerprint density at radius 1 is 1.18 bits per heavy atom. The van der Waals surface area contributed by atoms with E-state index >= 15 is 0 Å². The van der Waals surface area contributed by atoms with E-state index < -0.39 is 0 Å². The fourth-order valence-corrected chi connectivity index (χ4v) is 0.777. The van der Waals surface area contributed by atoms with E-state index in [2.05, 4.69) is 17.3 Å². The number of nitriles is 2. The Morgan fingerprint density at radius 3 is 1.82 bits per heavy atom. The van der Waals surface area contributed by atoms with Crippen LogP contribution in [0.3, 0.4) is 0 Å². The van der Waals surface area contributed by atoms with Crippen LogP contribution in [0, 0.1) is 22.7 Å². The van der Waals surface area contributed by atoms with Crippen molar-refractivity contribution in [2.45, 2.75) is 0 Å². The van der Waals surface area contributed by atoms with Crippen molar-refractivity contribution in [1.29, 1.82) is 10.5 Å². The molecule has 4 heteroatoms. The smallest absolute Gasteiger partial charge is 0.181 e. The predicted octanol–water partition coefficient (Wildman–Crippen LogP) is -0.445. The molecule has 60 valence electrons. The summed E-state index contributed by atoms with van der Waals surface area (Å²) in [6.45, 7) is 4.74. The molecule has 0 aromatic rings. The van der Waals surface area contributed by atoms with E-state index in [4.69, 9.17) is 10.5 Å². The maximum atomic E-state index is 7.26. The van der Waals surface area contributed by atoms with Crippen molar-refractivity contribution in [3.63, 3.8) is 0 Å². The molecule has 4 nitrogen and oxygen atoms in total. The fourth-order valence-electron chi connectivity index (χ4n) is 0.777. The van der Waals surface area contributed by atoms with E-state index in [9.17, 15) is 0 Å². The highest BCUT2D eigenvalue weighted by Crippen LogP contribution is 1.82. The summed E-state index contributed by atoms with van der Waals surface area (Å²) in [5, 5.41) is 17.8. The van der Waals surface area contributed by atoms with Crippen molar-refractivity contribution in [1.82, 2.24) is 10.2 Å². The average Bonchev–Trinajstić information content (AvgIpc) is 2.07. The number of hydrogen-bond donors (Lipinski definition) is 1. The maximum Gasteiger partial charge on any atom is 0.181 e. The molecule has 0 unspecified atom stereocenters. The number of likely N-dealkylation sites (N-methyl/N-ethyl adjacent to an activating group) is 1. The lowest BCUT2D eigenvalue weighted by Crippen LogP contribution is -2.40. The summed E-state index contributed by atoms with van der Waals surface area (Å²) in [5.41, 5.74) is 0. The van der Waals surface area contributed by atoms with Gasteiger partial charge in [0.15, 0.2) is 12.1 Å². The van der Waals surface area contributed by atoms with Crippen LogP contribution in [0.15, 0.2) is 0 Å². The first-order valence-electron chi connectivity index (χ1n) is 3.48. The quantitative estimate of drug-likeness (QED) is 0.511. The molecule has 1 N–H and O–H groups in total. The molecular weight excluding hydrogens is 140 g/mol. The minimum Gasteiger partial charge on any atom is -0.314 e. The van der Waals surface area contributed by atoms with Crippen LogP contribution in [-0.4, -0.2) is 38.1 Å². The molecule has 0 aromatic heterocycles. The van der Waals surface area contributed by atoms with Crippen molar-refractivity contribution >= 4 is 0 Å². The number of nitrogens with one attached hydrogen (secondary N) is 1. The van der Waals surface area contributed by atoms with Gasteiger partial charge in [0.2, 0.25) is 0 Å². The van der Waals surface area contributed by atoms with Crippen LogP contribution in [-0.2, 0) is 0 Å². The van der Waals surface area contributed by atoms with E-state index in [0.717, 1.165) is 13.1 Å². The van der Waals surface area contributed by atoms with Crippen LogP contribution in [0.5, 0.6) is 0 Å². The third-order valence-electron chi connectivity index (χ3n) is 1.39. The SMILES string of the molecule is CN1CCNCC1.N#CC#N. The molecule has 1 saturated heterocycles. The van der Waals surface area contributed by atoms with E-state index in [1.807, 2.05) is 0 Å². The first-order chi connectivity index (χ1) is 5.31. The Hall–Kier alpha value is -1.10. The van der Waals surface area contributed by atoms with Crippen molar-refractivity contribution < 1.29 is 0 Å². The molecule has 0 aromatic carbocycles. The summed E-state index contributed by atoms with van der Waals surface area (Å²) < 4.78 is 0. The Bertz CT molecular complexity index is 146.